The highest BCUT2D eigenvalue weighted by Crippen LogP contribution is 2.40. The SMILES string of the molecule is CC(C)c1nnc(S[C@H](C)c2nc(C3CC3)no2)n1Cc1ccco1. The van der Waals surface area contributed by atoms with Gasteiger partial charge in [-0.05, 0) is 31.9 Å². The van der Waals surface area contributed by atoms with Crippen LogP contribution in [0.5, 0.6) is 0 Å². The van der Waals surface area contributed by atoms with Crippen molar-refractivity contribution in [3.8, 4) is 0 Å². The Hall–Kier alpha value is -2.09. The zero-order valence-corrected chi connectivity index (χ0v) is 15.4. The molecule has 0 N–H and O–H groups in total. The van der Waals surface area contributed by atoms with Gasteiger partial charge in [0, 0.05) is 11.8 Å². The van der Waals surface area contributed by atoms with Crippen molar-refractivity contribution in [1.82, 2.24) is 24.9 Å². The third-order valence-electron chi connectivity index (χ3n) is 4.19. The van der Waals surface area contributed by atoms with Crippen LogP contribution in [0.4, 0.5) is 0 Å². The van der Waals surface area contributed by atoms with Gasteiger partial charge in [0.25, 0.3) is 0 Å². The third kappa shape index (κ3) is 3.49. The molecule has 0 bridgehead atoms. The van der Waals surface area contributed by atoms with E-state index >= 15 is 0 Å². The van der Waals surface area contributed by atoms with Crippen molar-refractivity contribution in [3.63, 3.8) is 0 Å². The monoisotopic (exact) mass is 359 g/mol. The second-order valence-electron chi connectivity index (χ2n) is 6.69. The molecule has 3 heterocycles. The van der Waals surface area contributed by atoms with E-state index in [1.54, 1.807) is 18.0 Å². The smallest absolute Gasteiger partial charge is 0.239 e. The molecule has 0 unspecified atom stereocenters. The van der Waals surface area contributed by atoms with Crippen LogP contribution < -0.4 is 0 Å². The van der Waals surface area contributed by atoms with Crippen LogP contribution in [0.15, 0.2) is 32.5 Å². The minimum atomic E-state index is 0.0135. The predicted molar refractivity (Wildman–Crippen MR) is 92.5 cm³/mol. The van der Waals surface area contributed by atoms with Crippen molar-refractivity contribution < 1.29 is 8.94 Å². The standard InChI is InChI=1S/C17H21N5O2S/c1-10(2)15-19-20-17(22(15)9-13-5-4-8-23-13)25-11(3)16-18-14(21-24-16)12-6-7-12/h4-5,8,10-12H,6-7,9H2,1-3H3/t11-/m1/s1. The van der Waals surface area contributed by atoms with Gasteiger partial charge in [0.2, 0.25) is 5.89 Å². The Morgan fingerprint density at radius 2 is 2.12 bits per heavy atom. The first-order valence-electron chi connectivity index (χ1n) is 8.57. The van der Waals surface area contributed by atoms with Gasteiger partial charge in [0.15, 0.2) is 11.0 Å². The first-order chi connectivity index (χ1) is 12.1. The molecule has 1 aliphatic rings. The third-order valence-corrected chi connectivity index (χ3v) is 5.25. The van der Waals surface area contributed by atoms with Gasteiger partial charge >= 0.3 is 0 Å². The first-order valence-corrected chi connectivity index (χ1v) is 9.45. The molecular formula is C17H21N5O2S. The van der Waals surface area contributed by atoms with Gasteiger partial charge in [-0.2, -0.15) is 4.98 Å². The van der Waals surface area contributed by atoms with Crippen LogP contribution in [0.2, 0.25) is 0 Å². The average Bonchev–Trinajstić information content (AvgIpc) is 3.02. The lowest BCUT2D eigenvalue weighted by Gasteiger charge is -2.12. The second-order valence-corrected chi connectivity index (χ2v) is 7.99. The fourth-order valence-corrected chi connectivity index (χ4v) is 3.54. The van der Waals surface area contributed by atoms with Crippen molar-refractivity contribution in [1.29, 1.82) is 0 Å². The number of rotatable bonds is 7. The zero-order valence-electron chi connectivity index (χ0n) is 14.5. The van der Waals surface area contributed by atoms with E-state index in [-0.39, 0.29) is 11.2 Å². The maximum atomic E-state index is 5.50. The highest BCUT2D eigenvalue weighted by atomic mass is 32.2. The number of nitrogens with zero attached hydrogens (tertiary/aromatic N) is 5. The van der Waals surface area contributed by atoms with Crippen LogP contribution in [0.1, 0.15) is 74.0 Å². The second kappa shape index (κ2) is 6.67. The fourth-order valence-electron chi connectivity index (χ4n) is 2.65. The van der Waals surface area contributed by atoms with Crippen molar-refractivity contribution in [2.24, 2.45) is 0 Å². The van der Waals surface area contributed by atoms with Crippen LogP contribution in [0.25, 0.3) is 0 Å². The summed E-state index contributed by atoms with van der Waals surface area (Å²) in [6.45, 7) is 6.89. The van der Waals surface area contributed by atoms with Crippen molar-refractivity contribution >= 4 is 11.8 Å². The lowest BCUT2D eigenvalue weighted by atomic mass is 10.2. The average molecular weight is 359 g/mol. The normalized spacial score (nSPS) is 15.8. The molecule has 1 fully saturated rings. The van der Waals surface area contributed by atoms with E-state index in [0.717, 1.165) is 35.4 Å². The Morgan fingerprint density at radius 1 is 1.28 bits per heavy atom. The van der Waals surface area contributed by atoms with Gasteiger partial charge < -0.3 is 8.94 Å². The number of hydrogen-bond acceptors (Lipinski definition) is 7. The molecule has 1 atom stereocenters. The summed E-state index contributed by atoms with van der Waals surface area (Å²) in [4.78, 5) is 4.54. The molecule has 1 aliphatic carbocycles. The number of hydrogen-bond donors (Lipinski definition) is 0. The summed E-state index contributed by atoms with van der Waals surface area (Å²) in [6, 6.07) is 3.85. The van der Waals surface area contributed by atoms with E-state index in [0.29, 0.717) is 18.4 Å². The summed E-state index contributed by atoms with van der Waals surface area (Å²) in [5.74, 6) is 4.06. The molecule has 7 nitrogen and oxygen atoms in total. The molecule has 8 heteroatoms. The maximum Gasteiger partial charge on any atom is 0.239 e. The quantitative estimate of drug-likeness (QED) is 0.586. The van der Waals surface area contributed by atoms with Crippen LogP contribution in [-0.4, -0.2) is 24.9 Å². The number of aromatic nitrogens is 5. The molecular weight excluding hydrogens is 338 g/mol. The van der Waals surface area contributed by atoms with E-state index in [4.69, 9.17) is 8.94 Å². The lowest BCUT2D eigenvalue weighted by Crippen LogP contribution is -2.08. The summed E-state index contributed by atoms with van der Waals surface area (Å²) in [5.41, 5.74) is 0. The van der Waals surface area contributed by atoms with E-state index < -0.39 is 0 Å². The minimum absolute atomic E-state index is 0.0135. The lowest BCUT2D eigenvalue weighted by molar-refractivity contribution is 0.374. The van der Waals surface area contributed by atoms with Gasteiger partial charge in [-0.1, -0.05) is 30.8 Å². The molecule has 3 aromatic heterocycles. The van der Waals surface area contributed by atoms with E-state index in [1.807, 2.05) is 12.1 Å². The molecule has 132 valence electrons. The number of thioether (sulfide) groups is 1. The Labute approximate surface area is 150 Å². The summed E-state index contributed by atoms with van der Waals surface area (Å²) < 4.78 is 13.0. The maximum absolute atomic E-state index is 5.50. The minimum Gasteiger partial charge on any atom is -0.467 e. The molecule has 0 aromatic carbocycles. The molecule has 0 radical (unpaired) electrons. The molecule has 0 spiro atoms. The molecule has 4 rings (SSSR count). The molecule has 0 amide bonds. The zero-order chi connectivity index (χ0) is 17.4. The molecule has 0 aliphatic heterocycles. The van der Waals surface area contributed by atoms with Gasteiger partial charge in [0.1, 0.15) is 11.6 Å². The van der Waals surface area contributed by atoms with Crippen molar-refractivity contribution in [3.05, 3.63) is 41.7 Å². The first kappa shape index (κ1) is 16.4. The Kier molecular flexibility index (Phi) is 4.37. The van der Waals surface area contributed by atoms with Gasteiger partial charge in [-0.25, -0.2) is 0 Å². The predicted octanol–water partition coefficient (Wildman–Crippen LogP) is 4.16. The van der Waals surface area contributed by atoms with Crippen molar-refractivity contribution in [2.45, 2.75) is 62.4 Å². The van der Waals surface area contributed by atoms with Crippen LogP contribution >= 0.6 is 11.8 Å². The van der Waals surface area contributed by atoms with Crippen LogP contribution in [0.3, 0.4) is 0 Å². The molecule has 1 saturated carbocycles. The van der Waals surface area contributed by atoms with Crippen LogP contribution in [-0.2, 0) is 6.54 Å². The van der Waals surface area contributed by atoms with E-state index in [2.05, 4.69) is 45.7 Å². The highest BCUT2D eigenvalue weighted by molar-refractivity contribution is 7.99. The number of furan rings is 1. The van der Waals surface area contributed by atoms with Gasteiger partial charge in [-0.3, -0.25) is 4.57 Å². The van der Waals surface area contributed by atoms with E-state index in [9.17, 15) is 0 Å². The molecule has 25 heavy (non-hydrogen) atoms. The van der Waals surface area contributed by atoms with Gasteiger partial charge in [0.05, 0.1) is 18.1 Å². The van der Waals surface area contributed by atoms with Crippen LogP contribution in [0, 0.1) is 0 Å². The van der Waals surface area contributed by atoms with E-state index in [1.165, 1.54) is 0 Å². The fraction of sp³-hybridized carbons (Fsp3) is 0.529. The molecule has 0 saturated heterocycles. The van der Waals surface area contributed by atoms with Gasteiger partial charge in [-0.15, -0.1) is 10.2 Å². The summed E-state index contributed by atoms with van der Waals surface area (Å²) in [6.07, 6.45) is 4.01. The topological polar surface area (TPSA) is 82.8 Å². The van der Waals surface area contributed by atoms with Crippen molar-refractivity contribution in [2.75, 3.05) is 0 Å². The summed E-state index contributed by atoms with van der Waals surface area (Å²) in [5, 5.41) is 13.7. The largest absolute Gasteiger partial charge is 0.467 e. The highest BCUT2D eigenvalue weighted by Gasteiger charge is 2.30. The summed E-state index contributed by atoms with van der Waals surface area (Å²) >= 11 is 1.58. The summed E-state index contributed by atoms with van der Waals surface area (Å²) in [7, 11) is 0. The molecule has 3 aromatic rings. The Morgan fingerprint density at radius 3 is 2.80 bits per heavy atom. The Balaban J connectivity index is 1.56. The Bertz CT molecular complexity index is 835.